The number of aliphatic carboxylic acids is 1. The van der Waals surface area contributed by atoms with Gasteiger partial charge in [-0.05, 0) is 64.2 Å². The molecule has 0 saturated carbocycles. The third-order valence-corrected chi connectivity index (χ3v) is 7.32. The maximum Gasteiger partial charge on any atom is 0.303 e. The summed E-state index contributed by atoms with van der Waals surface area (Å²) in [5.41, 5.74) is 0. The van der Waals surface area contributed by atoms with Gasteiger partial charge >= 0.3 is 5.97 Å². The molecule has 0 saturated heterocycles. The van der Waals surface area contributed by atoms with Gasteiger partial charge in [0.25, 0.3) is 0 Å². The molecule has 39 heavy (non-hydrogen) atoms. The van der Waals surface area contributed by atoms with Crippen molar-refractivity contribution >= 4 is 5.97 Å². The molecule has 0 fully saturated rings. The van der Waals surface area contributed by atoms with E-state index in [2.05, 4.69) is 38.2 Å². The Kier molecular flexibility index (Phi) is 40.1. The Morgan fingerprint density at radius 2 is 0.718 bits per heavy atom. The summed E-state index contributed by atoms with van der Waals surface area (Å²) in [5, 5.41) is 17.2. The lowest BCUT2D eigenvalue weighted by Gasteiger charge is -1.99. The number of aliphatic hydroxyl groups is 1. The van der Waals surface area contributed by atoms with Gasteiger partial charge in [0.2, 0.25) is 0 Å². The average molecular weight is 551 g/mol. The Bertz CT molecular complexity index is 498. The minimum atomic E-state index is -0.664. The fraction of sp³-hybridized carbons (Fsp3) is 0.861. The number of carboxylic acid groups (broad SMARTS) is 1. The fourth-order valence-corrected chi connectivity index (χ4v) is 4.71. The number of hydrogen-bond donors (Lipinski definition) is 2. The first-order valence-corrected chi connectivity index (χ1v) is 17.3. The predicted octanol–water partition coefficient (Wildman–Crippen LogP) is 12.1. The molecule has 0 rings (SSSR count). The minimum Gasteiger partial charge on any atom is -0.481 e. The van der Waals surface area contributed by atoms with Crippen LogP contribution in [0.15, 0.2) is 24.3 Å². The lowest BCUT2D eigenvalue weighted by Crippen LogP contribution is -1.93. The second-order valence-corrected chi connectivity index (χ2v) is 11.4. The van der Waals surface area contributed by atoms with Gasteiger partial charge in [-0.1, -0.05) is 147 Å². The van der Waals surface area contributed by atoms with Crippen LogP contribution in [0, 0.1) is 0 Å². The van der Waals surface area contributed by atoms with Crippen LogP contribution in [0.2, 0.25) is 0 Å². The normalized spacial score (nSPS) is 11.4. The highest BCUT2D eigenvalue weighted by atomic mass is 16.4. The number of aliphatic hydroxyl groups excluding tert-OH is 1. The first kappa shape index (κ1) is 40.1. The SMILES string of the molecule is CCCCCCCCC=CCCCCCCCC(=O)O.CCCCCCCCC=CCCCCCCCCO. The molecule has 3 nitrogen and oxygen atoms in total. The Hall–Kier alpha value is -1.09. The van der Waals surface area contributed by atoms with E-state index in [1.807, 2.05) is 0 Å². The zero-order valence-electron chi connectivity index (χ0n) is 26.6. The molecule has 0 heterocycles. The van der Waals surface area contributed by atoms with E-state index >= 15 is 0 Å². The summed E-state index contributed by atoms with van der Waals surface area (Å²) < 4.78 is 0. The van der Waals surface area contributed by atoms with Gasteiger partial charge in [-0.15, -0.1) is 0 Å². The maximum absolute atomic E-state index is 10.3. The van der Waals surface area contributed by atoms with E-state index in [1.54, 1.807) is 0 Å². The van der Waals surface area contributed by atoms with Crippen molar-refractivity contribution in [3.05, 3.63) is 24.3 Å². The molecule has 0 unspecified atom stereocenters. The number of carboxylic acids is 1. The summed E-state index contributed by atoms with van der Waals surface area (Å²) in [6.07, 6.45) is 44.4. The summed E-state index contributed by atoms with van der Waals surface area (Å²) >= 11 is 0. The van der Waals surface area contributed by atoms with Crippen LogP contribution in [0.4, 0.5) is 0 Å². The molecular formula is C36H70O3. The second-order valence-electron chi connectivity index (χ2n) is 11.4. The van der Waals surface area contributed by atoms with Gasteiger partial charge in [-0.25, -0.2) is 0 Å². The Morgan fingerprint density at radius 1 is 0.436 bits per heavy atom. The number of unbranched alkanes of at least 4 members (excludes halogenated alkanes) is 23. The van der Waals surface area contributed by atoms with Crippen molar-refractivity contribution in [1.29, 1.82) is 0 Å². The molecule has 0 radical (unpaired) electrons. The first-order chi connectivity index (χ1) is 19.2. The van der Waals surface area contributed by atoms with Crippen molar-refractivity contribution in [1.82, 2.24) is 0 Å². The highest BCUT2D eigenvalue weighted by molar-refractivity contribution is 5.66. The van der Waals surface area contributed by atoms with Gasteiger partial charge in [0.05, 0.1) is 0 Å². The molecule has 0 aliphatic rings. The van der Waals surface area contributed by atoms with Crippen LogP contribution in [0.5, 0.6) is 0 Å². The van der Waals surface area contributed by atoms with Crippen LogP contribution < -0.4 is 0 Å². The van der Waals surface area contributed by atoms with Gasteiger partial charge < -0.3 is 10.2 Å². The highest BCUT2D eigenvalue weighted by Gasteiger charge is 1.96. The molecule has 0 atom stereocenters. The lowest BCUT2D eigenvalue weighted by molar-refractivity contribution is -0.137. The third kappa shape index (κ3) is 44.2. The molecule has 0 aliphatic carbocycles. The van der Waals surface area contributed by atoms with Crippen molar-refractivity contribution < 1.29 is 15.0 Å². The Labute approximate surface area is 245 Å². The zero-order valence-corrected chi connectivity index (χ0v) is 26.6. The van der Waals surface area contributed by atoms with Crippen LogP contribution in [-0.4, -0.2) is 22.8 Å². The number of hydrogen-bond acceptors (Lipinski definition) is 2. The number of carbonyl (C=O) groups is 1. The van der Waals surface area contributed by atoms with E-state index in [-0.39, 0.29) is 0 Å². The van der Waals surface area contributed by atoms with Gasteiger partial charge in [-0.2, -0.15) is 0 Å². The molecule has 0 bridgehead atoms. The van der Waals surface area contributed by atoms with Crippen LogP contribution in [0.3, 0.4) is 0 Å². The molecule has 3 heteroatoms. The van der Waals surface area contributed by atoms with E-state index in [9.17, 15) is 4.79 Å². The van der Waals surface area contributed by atoms with Gasteiger partial charge in [0.1, 0.15) is 0 Å². The zero-order chi connectivity index (χ0) is 28.9. The van der Waals surface area contributed by atoms with Gasteiger partial charge in [0.15, 0.2) is 0 Å². The summed E-state index contributed by atoms with van der Waals surface area (Å²) in [4.78, 5) is 10.3. The second kappa shape index (κ2) is 39.1. The van der Waals surface area contributed by atoms with Crippen molar-refractivity contribution in [2.24, 2.45) is 0 Å². The van der Waals surface area contributed by atoms with E-state index in [1.165, 1.54) is 154 Å². The molecule has 0 aromatic rings. The highest BCUT2D eigenvalue weighted by Crippen LogP contribution is 2.11. The van der Waals surface area contributed by atoms with E-state index < -0.39 is 5.97 Å². The Morgan fingerprint density at radius 3 is 1.03 bits per heavy atom. The van der Waals surface area contributed by atoms with Crippen molar-refractivity contribution in [2.75, 3.05) is 6.61 Å². The Balaban J connectivity index is 0. The van der Waals surface area contributed by atoms with Crippen LogP contribution in [0.1, 0.15) is 194 Å². The summed E-state index contributed by atoms with van der Waals surface area (Å²) in [7, 11) is 0. The van der Waals surface area contributed by atoms with Gasteiger partial charge in [0, 0.05) is 13.0 Å². The fourth-order valence-electron chi connectivity index (χ4n) is 4.71. The van der Waals surface area contributed by atoms with E-state index in [0.29, 0.717) is 13.0 Å². The summed E-state index contributed by atoms with van der Waals surface area (Å²) in [6.45, 7) is 4.89. The number of allylic oxidation sites excluding steroid dienone is 4. The molecule has 2 N–H and O–H groups in total. The molecule has 0 amide bonds. The maximum atomic E-state index is 10.3. The van der Waals surface area contributed by atoms with Crippen molar-refractivity contribution in [2.45, 2.75) is 194 Å². The van der Waals surface area contributed by atoms with Crippen molar-refractivity contribution in [3.8, 4) is 0 Å². The van der Waals surface area contributed by atoms with E-state index in [0.717, 1.165) is 19.3 Å². The molecule has 0 aromatic carbocycles. The third-order valence-electron chi connectivity index (χ3n) is 7.32. The quantitative estimate of drug-likeness (QED) is 0.0690. The average Bonchev–Trinajstić information content (AvgIpc) is 2.93. The van der Waals surface area contributed by atoms with E-state index in [4.69, 9.17) is 10.2 Å². The van der Waals surface area contributed by atoms with Crippen LogP contribution >= 0.6 is 0 Å². The molecule has 0 aliphatic heterocycles. The molecule has 0 spiro atoms. The monoisotopic (exact) mass is 551 g/mol. The summed E-state index contributed by atoms with van der Waals surface area (Å²) in [5.74, 6) is -0.664. The molecular weight excluding hydrogens is 480 g/mol. The van der Waals surface area contributed by atoms with Crippen molar-refractivity contribution in [3.63, 3.8) is 0 Å². The van der Waals surface area contributed by atoms with Crippen LogP contribution in [-0.2, 0) is 4.79 Å². The van der Waals surface area contributed by atoms with Crippen LogP contribution in [0.25, 0.3) is 0 Å². The standard InChI is InChI=1S/C18H34O2.C18H36O/c1-2-3-4-5-6-7-8-9-10-11-12-13-14-15-16-17-18(19)20;1-2-3-4-5-6-7-8-9-10-11-12-13-14-15-16-17-18-19/h9-10H,2-8,11-17H2,1H3,(H,19,20);9-10,19H,2-8,11-18H2,1H3. The smallest absolute Gasteiger partial charge is 0.303 e. The molecule has 232 valence electrons. The minimum absolute atomic E-state index is 0.332. The van der Waals surface area contributed by atoms with Gasteiger partial charge in [-0.3, -0.25) is 4.79 Å². The number of rotatable bonds is 30. The first-order valence-electron chi connectivity index (χ1n) is 17.3. The largest absolute Gasteiger partial charge is 0.481 e. The lowest BCUT2D eigenvalue weighted by atomic mass is 10.1. The molecule has 0 aromatic heterocycles. The summed E-state index contributed by atoms with van der Waals surface area (Å²) in [6, 6.07) is 0. The topological polar surface area (TPSA) is 57.5 Å². The predicted molar refractivity (Wildman–Crippen MR) is 174 cm³/mol.